The number of hydrogen-bond donors (Lipinski definition) is 0. The summed E-state index contributed by atoms with van der Waals surface area (Å²) in [6, 6.07) is 17.7. The van der Waals surface area contributed by atoms with Crippen LogP contribution in [0.15, 0.2) is 48.5 Å². The summed E-state index contributed by atoms with van der Waals surface area (Å²) in [7, 11) is 0. The van der Waals surface area contributed by atoms with Gasteiger partial charge in [-0.25, -0.2) is 0 Å². The summed E-state index contributed by atoms with van der Waals surface area (Å²) in [5.41, 5.74) is 5.66. The van der Waals surface area contributed by atoms with Crippen LogP contribution in [-0.2, 0) is 21.5 Å². The summed E-state index contributed by atoms with van der Waals surface area (Å²) in [5.74, 6) is 0.578. The maximum Gasteiger partial charge on any atom is 0.0718 e. The minimum Gasteiger partial charge on any atom is -0.379 e. The van der Waals surface area contributed by atoms with Gasteiger partial charge in [0.1, 0.15) is 0 Å². The zero-order valence-corrected chi connectivity index (χ0v) is 15.8. The fourth-order valence-electron chi connectivity index (χ4n) is 2.96. The predicted octanol–water partition coefficient (Wildman–Crippen LogP) is 5.59. The van der Waals surface area contributed by atoms with Gasteiger partial charge in [0, 0.05) is 6.61 Å². The Balaban J connectivity index is 1.47. The third-order valence-corrected chi connectivity index (χ3v) is 4.96. The van der Waals surface area contributed by atoms with Crippen molar-refractivity contribution in [1.29, 1.82) is 0 Å². The van der Waals surface area contributed by atoms with Crippen molar-refractivity contribution in [2.45, 2.75) is 45.6 Å². The van der Waals surface area contributed by atoms with E-state index in [4.69, 9.17) is 9.47 Å². The van der Waals surface area contributed by atoms with Crippen molar-refractivity contribution in [3.8, 4) is 11.1 Å². The van der Waals surface area contributed by atoms with Crippen LogP contribution < -0.4 is 0 Å². The van der Waals surface area contributed by atoms with E-state index < -0.39 is 0 Å². The van der Waals surface area contributed by atoms with Gasteiger partial charge >= 0.3 is 0 Å². The molecule has 0 bridgehead atoms. The van der Waals surface area contributed by atoms with Crippen molar-refractivity contribution in [1.82, 2.24) is 0 Å². The Labute approximate surface area is 152 Å². The molecule has 0 radical (unpaired) electrons. The highest BCUT2D eigenvalue weighted by Crippen LogP contribution is 2.47. The number of rotatable bonds is 9. The highest BCUT2D eigenvalue weighted by molar-refractivity contribution is 5.64. The largest absolute Gasteiger partial charge is 0.379 e. The molecule has 0 aliphatic heterocycles. The zero-order valence-electron chi connectivity index (χ0n) is 15.8. The molecule has 0 heterocycles. The third kappa shape index (κ3) is 5.17. The highest BCUT2D eigenvalue weighted by atomic mass is 16.5. The molecule has 0 spiro atoms. The van der Waals surface area contributed by atoms with Crippen LogP contribution in [0.2, 0.25) is 0 Å². The Morgan fingerprint density at radius 2 is 1.40 bits per heavy atom. The Kier molecular flexibility index (Phi) is 5.93. The Hall–Kier alpha value is -1.64. The molecule has 2 heteroatoms. The van der Waals surface area contributed by atoms with Gasteiger partial charge in [-0.2, -0.15) is 0 Å². The maximum absolute atomic E-state index is 5.68. The zero-order chi connectivity index (χ0) is 17.7. The fourth-order valence-corrected chi connectivity index (χ4v) is 2.96. The van der Waals surface area contributed by atoms with Crippen LogP contribution in [0.4, 0.5) is 0 Å². The Morgan fingerprint density at radius 3 is 1.96 bits per heavy atom. The summed E-state index contributed by atoms with van der Waals surface area (Å²) >= 11 is 0. The van der Waals surface area contributed by atoms with Gasteiger partial charge in [0.05, 0.1) is 19.8 Å². The van der Waals surface area contributed by atoms with Crippen molar-refractivity contribution in [3.63, 3.8) is 0 Å². The molecule has 1 aliphatic carbocycles. The monoisotopic (exact) mass is 338 g/mol. The van der Waals surface area contributed by atoms with Crippen LogP contribution in [0, 0.1) is 5.92 Å². The van der Waals surface area contributed by atoms with Crippen molar-refractivity contribution >= 4 is 0 Å². The molecule has 1 fully saturated rings. The Bertz CT molecular complexity index is 651. The molecule has 134 valence electrons. The summed E-state index contributed by atoms with van der Waals surface area (Å²) in [6.45, 7) is 9.42. The average Bonchev–Trinajstić information content (AvgIpc) is 3.37. The average molecular weight is 338 g/mol. The van der Waals surface area contributed by atoms with Gasteiger partial charge in [0.15, 0.2) is 0 Å². The second-order valence-corrected chi connectivity index (χ2v) is 7.86. The lowest BCUT2D eigenvalue weighted by molar-refractivity contribution is 0.0314. The lowest BCUT2D eigenvalue weighted by Crippen LogP contribution is -2.08. The summed E-state index contributed by atoms with van der Waals surface area (Å²) in [6.07, 6.45) is 2.65. The van der Waals surface area contributed by atoms with Crippen molar-refractivity contribution in [2.75, 3.05) is 19.8 Å². The first kappa shape index (κ1) is 18.2. The summed E-state index contributed by atoms with van der Waals surface area (Å²) in [4.78, 5) is 0. The topological polar surface area (TPSA) is 18.5 Å². The van der Waals surface area contributed by atoms with E-state index in [2.05, 4.69) is 69.3 Å². The van der Waals surface area contributed by atoms with Crippen LogP contribution in [0.3, 0.4) is 0 Å². The summed E-state index contributed by atoms with van der Waals surface area (Å²) < 4.78 is 11.2. The van der Waals surface area contributed by atoms with Gasteiger partial charge in [-0.1, -0.05) is 69.3 Å². The minimum absolute atomic E-state index is 0.443. The molecule has 2 aromatic rings. The van der Waals surface area contributed by atoms with Gasteiger partial charge in [0.2, 0.25) is 0 Å². The molecule has 2 aromatic carbocycles. The molecule has 0 aromatic heterocycles. The molecule has 0 amide bonds. The van der Waals surface area contributed by atoms with Crippen LogP contribution in [-0.4, -0.2) is 19.8 Å². The normalized spacial score (nSPS) is 15.5. The first-order chi connectivity index (χ1) is 12.1. The van der Waals surface area contributed by atoms with Gasteiger partial charge in [-0.05, 0) is 46.4 Å². The number of ether oxygens (including phenoxy) is 2. The van der Waals surface area contributed by atoms with Crippen LogP contribution in [0.25, 0.3) is 11.1 Å². The second-order valence-electron chi connectivity index (χ2n) is 7.86. The van der Waals surface area contributed by atoms with Crippen molar-refractivity contribution in [2.24, 2.45) is 5.92 Å². The lowest BCUT2D eigenvalue weighted by atomic mass is 9.95. The molecular weight excluding hydrogens is 308 g/mol. The van der Waals surface area contributed by atoms with Crippen LogP contribution in [0.5, 0.6) is 0 Å². The summed E-state index contributed by atoms with van der Waals surface area (Å²) in [5, 5.41) is 0. The molecule has 0 atom stereocenters. The second kappa shape index (κ2) is 8.16. The smallest absolute Gasteiger partial charge is 0.0718 e. The van der Waals surface area contributed by atoms with Gasteiger partial charge in [0.25, 0.3) is 0 Å². The van der Waals surface area contributed by atoms with E-state index in [-0.39, 0.29) is 0 Å². The first-order valence-corrected chi connectivity index (χ1v) is 9.42. The predicted molar refractivity (Wildman–Crippen MR) is 104 cm³/mol. The van der Waals surface area contributed by atoms with Crippen molar-refractivity contribution in [3.05, 3.63) is 59.7 Å². The van der Waals surface area contributed by atoms with E-state index in [9.17, 15) is 0 Å². The van der Waals surface area contributed by atoms with E-state index >= 15 is 0 Å². The van der Waals surface area contributed by atoms with Gasteiger partial charge in [-0.3, -0.25) is 0 Å². The number of benzene rings is 2. The minimum atomic E-state index is 0.443. The van der Waals surface area contributed by atoms with E-state index in [1.54, 1.807) is 0 Å². The van der Waals surface area contributed by atoms with Gasteiger partial charge in [-0.15, -0.1) is 0 Å². The fraction of sp³-hybridized carbons (Fsp3) is 0.478. The molecule has 1 saturated carbocycles. The van der Waals surface area contributed by atoms with E-state index in [1.807, 2.05) is 0 Å². The highest BCUT2D eigenvalue weighted by Gasteiger charge is 2.38. The van der Waals surface area contributed by atoms with Gasteiger partial charge < -0.3 is 9.47 Å². The van der Waals surface area contributed by atoms with Crippen molar-refractivity contribution < 1.29 is 9.47 Å². The maximum atomic E-state index is 5.68. The molecule has 0 unspecified atom stereocenters. The first-order valence-electron chi connectivity index (χ1n) is 9.42. The SMILES string of the molecule is CC(C)COCCOCc1ccc(-c2ccc(C3(C)CC3)cc2)cc1. The quantitative estimate of drug-likeness (QED) is 0.555. The lowest BCUT2D eigenvalue weighted by Gasteiger charge is -2.10. The molecule has 1 aliphatic rings. The van der Waals surface area contributed by atoms with E-state index in [0.29, 0.717) is 31.2 Å². The van der Waals surface area contributed by atoms with Crippen LogP contribution >= 0.6 is 0 Å². The molecule has 2 nitrogen and oxygen atoms in total. The molecule has 0 N–H and O–H groups in total. The molecule has 3 rings (SSSR count). The standard InChI is InChI=1S/C23H30O2/c1-18(2)16-24-14-15-25-17-19-4-6-20(7-5-19)21-8-10-22(11-9-21)23(3)12-13-23/h4-11,18H,12-17H2,1-3H3. The molecular formula is C23H30O2. The molecule has 0 saturated heterocycles. The molecule has 25 heavy (non-hydrogen) atoms. The number of hydrogen-bond acceptors (Lipinski definition) is 2. The van der Waals surface area contributed by atoms with E-state index in [0.717, 1.165) is 6.61 Å². The van der Waals surface area contributed by atoms with Crippen LogP contribution in [0.1, 0.15) is 44.7 Å². The van der Waals surface area contributed by atoms with E-state index in [1.165, 1.54) is 35.1 Å². The third-order valence-electron chi connectivity index (χ3n) is 4.96. The Morgan fingerprint density at radius 1 is 0.840 bits per heavy atom.